The van der Waals surface area contributed by atoms with Gasteiger partial charge in [0.15, 0.2) is 5.76 Å². The van der Waals surface area contributed by atoms with Crippen LogP contribution in [0.3, 0.4) is 0 Å². The summed E-state index contributed by atoms with van der Waals surface area (Å²) in [6, 6.07) is 5.97. The molecule has 1 amide bonds. The molecule has 4 nitrogen and oxygen atoms in total. The Hall–Kier alpha value is -1.82. The molecule has 0 unspecified atom stereocenters. The predicted octanol–water partition coefficient (Wildman–Crippen LogP) is 3.10. The molecule has 0 spiro atoms. The third-order valence-electron chi connectivity index (χ3n) is 2.51. The van der Waals surface area contributed by atoms with Crippen LogP contribution in [0.2, 0.25) is 0 Å². The second kappa shape index (κ2) is 7.09. The lowest BCUT2D eigenvalue weighted by Crippen LogP contribution is -2.25. The number of nitrogens with one attached hydrogen (secondary N) is 1. The molecule has 0 aliphatic rings. The Morgan fingerprint density at radius 1 is 1.40 bits per heavy atom. The maximum atomic E-state index is 12.8. The zero-order valence-electron chi connectivity index (χ0n) is 11.1. The van der Waals surface area contributed by atoms with E-state index in [9.17, 15) is 9.18 Å². The molecule has 2 rings (SSSR count). The first-order chi connectivity index (χ1) is 9.69. The first-order valence-corrected chi connectivity index (χ1v) is 7.29. The summed E-state index contributed by atoms with van der Waals surface area (Å²) < 4.78 is 18.3. The zero-order valence-corrected chi connectivity index (χ0v) is 11.9. The molecule has 0 fully saturated rings. The van der Waals surface area contributed by atoms with Gasteiger partial charge in [0.1, 0.15) is 5.82 Å². The Bertz CT molecular complexity index is 569. The van der Waals surface area contributed by atoms with Crippen molar-refractivity contribution >= 4 is 17.7 Å². The summed E-state index contributed by atoms with van der Waals surface area (Å²) in [5.41, 5.74) is 0.751. The number of hydrogen-bond donors (Lipinski definition) is 1. The van der Waals surface area contributed by atoms with Crippen molar-refractivity contribution in [2.24, 2.45) is 0 Å². The largest absolute Gasteiger partial charge is 0.431 e. The van der Waals surface area contributed by atoms with Gasteiger partial charge < -0.3 is 9.73 Å². The lowest BCUT2D eigenvalue weighted by atomic mass is 10.2. The van der Waals surface area contributed by atoms with E-state index in [0.29, 0.717) is 17.5 Å². The number of oxazole rings is 1. The number of thioether (sulfide) groups is 1. The number of amides is 1. The molecule has 0 atom stereocenters. The molecule has 0 radical (unpaired) electrons. The van der Waals surface area contributed by atoms with E-state index >= 15 is 0 Å². The molecule has 0 saturated carbocycles. The normalized spacial score (nSPS) is 10.5. The van der Waals surface area contributed by atoms with E-state index in [1.807, 2.05) is 6.92 Å². The highest BCUT2D eigenvalue weighted by Crippen LogP contribution is 2.25. The summed E-state index contributed by atoms with van der Waals surface area (Å²) >= 11 is 1.23. The Labute approximate surface area is 120 Å². The minimum atomic E-state index is -0.296. The van der Waals surface area contributed by atoms with E-state index in [-0.39, 0.29) is 17.5 Å². The van der Waals surface area contributed by atoms with E-state index in [2.05, 4.69) is 10.3 Å². The van der Waals surface area contributed by atoms with Crippen LogP contribution < -0.4 is 5.32 Å². The fraction of sp³-hybridized carbons (Fsp3) is 0.286. The molecule has 106 valence electrons. The molecule has 0 aliphatic carbocycles. The molecule has 1 aromatic heterocycles. The standard InChI is InChI=1S/C14H15FN2O2S/c1-2-7-16-13(18)9-20-14-17-8-12(19-14)10-3-5-11(15)6-4-10/h3-6,8H,2,7,9H2,1H3,(H,16,18). The topological polar surface area (TPSA) is 55.1 Å². The highest BCUT2D eigenvalue weighted by Gasteiger charge is 2.09. The summed E-state index contributed by atoms with van der Waals surface area (Å²) in [5, 5.41) is 3.20. The Morgan fingerprint density at radius 2 is 2.15 bits per heavy atom. The van der Waals surface area contributed by atoms with Crippen molar-refractivity contribution in [1.29, 1.82) is 0 Å². The molecule has 2 aromatic rings. The van der Waals surface area contributed by atoms with Crippen LogP contribution in [-0.4, -0.2) is 23.2 Å². The lowest BCUT2D eigenvalue weighted by molar-refractivity contribution is -0.118. The minimum Gasteiger partial charge on any atom is -0.431 e. The van der Waals surface area contributed by atoms with Crippen LogP contribution in [0, 0.1) is 5.82 Å². The fourth-order valence-electron chi connectivity index (χ4n) is 1.52. The lowest BCUT2D eigenvalue weighted by Gasteiger charge is -2.00. The van der Waals surface area contributed by atoms with Gasteiger partial charge in [-0.05, 0) is 30.7 Å². The van der Waals surface area contributed by atoms with Gasteiger partial charge in [-0.15, -0.1) is 0 Å². The third-order valence-corrected chi connectivity index (χ3v) is 3.35. The number of aromatic nitrogens is 1. The van der Waals surface area contributed by atoms with Crippen LogP contribution in [0.5, 0.6) is 0 Å². The van der Waals surface area contributed by atoms with Gasteiger partial charge in [0.25, 0.3) is 5.22 Å². The molecule has 1 N–H and O–H groups in total. The molecule has 0 aliphatic heterocycles. The maximum Gasteiger partial charge on any atom is 0.256 e. The van der Waals surface area contributed by atoms with Gasteiger partial charge in [-0.25, -0.2) is 9.37 Å². The van der Waals surface area contributed by atoms with Crippen molar-refractivity contribution in [1.82, 2.24) is 10.3 Å². The van der Waals surface area contributed by atoms with Gasteiger partial charge in [-0.2, -0.15) is 0 Å². The number of benzene rings is 1. The maximum absolute atomic E-state index is 12.8. The molecule has 20 heavy (non-hydrogen) atoms. The molecule has 1 heterocycles. The van der Waals surface area contributed by atoms with E-state index in [0.717, 1.165) is 12.0 Å². The van der Waals surface area contributed by atoms with E-state index in [1.165, 1.54) is 23.9 Å². The average Bonchev–Trinajstić information content (AvgIpc) is 2.92. The number of carbonyl (C=O) groups excluding carboxylic acids is 1. The number of halogens is 1. The van der Waals surface area contributed by atoms with Gasteiger partial charge in [0, 0.05) is 12.1 Å². The summed E-state index contributed by atoms with van der Waals surface area (Å²) in [5.74, 6) is 0.485. The second-order valence-corrected chi connectivity index (χ2v) is 5.06. The van der Waals surface area contributed by atoms with E-state index in [1.54, 1.807) is 18.3 Å². The summed E-state index contributed by atoms with van der Waals surface area (Å²) in [4.78, 5) is 15.5. The van der Waals surface area contributed by atoms with E-state index < -0.39 is 0 Å². The molecular formula is C14H15FN2O2S. The smallest absolute Gasteiger partial charge is 0.256 e. The monoisotopic (exact) mass is 294 g/mol. The first-order valence-electron chi connectivity index (χ1n) is 6.30. The van der Waals surface area contributed by atoms with Crippen molar-refractivity contribution in [3.05, 3.63) is 36.3 Å². The third kappa shape index (κ3) is 4.09. The number of nitrogens with zero attached hydrogens (tertiary/aromatic N) is 1. The van der Waals surface area contributed by atoms with Crippen LogP contribution in [0.15, 0.2) is 40.1 Å². The fourth-order valence-corrected chi connectivity index (χ4v) is 2.15. The zero-order chi connectivity index (χ0) is 14.4. The van der Waals surface area contributed by atoms with Gasteiger partial charge >= 0.3 is 0 Å². The van der Waals surface area contributed by atoms with Crippen molar-refractivity contribution in [3.63, 3.8) is 0 Å². The van der Waals surface area contributed by atoms with Crippen molar-refractivity contribution in [3.8, 4) is 11.3 Å². The number of hydrogen-bond acceptors (Lipinski definition) is 4. The van der Waals surface area contributed by atoms with Crippen molar-refractivity contribution in [2.45, 2.75) is 18.6 Å². The van der Waals surface area contributed by atoms with Gasteiger partial charge in [-0.3, -0.25) is 4.79 Å². The Kier molecular flexibility index (Phi) is 5.17. The quantitative estimate of drug-likeness (QED) is 0.832. The predicted molar refractivity (Wildman–Crippen MR) is 75.9 cm³/mol. The Balaban J connectivity index is 1.92. The average molecular weight is 294 g/mol. The van der Waals surface area contributed by atoms with Gasteiger partial charge in [0.2, 0.25) is 5.91 Å². The minimum absolute atomic E-state index is 0.0432. The highest BCUT2D eigenvalue weighted by molar-refractivity contribution is 7.99. The highest BCUT2D eigenvalue weighted by atomic mass is 32.2. The van der Waals surface area contributed by atoms with Crippen molar-refractivity contribution in [2.75, 3.05) is 12.3 Å². The summed E-state index contributed by atoms with van der Waals surface area (Å²) in [6.07, 6.45) is 2.48. The molecule has 1 aromatic carbocycles. The van der Waals surface area contributed by atoms with Crippen LogP contribution in [0.25, 0.3) is 11.3 Å². The molecular weight excluding hydrogens is 279 g/mol. The molecule has 0 bridgehead atoms. The van der Waals surface area contributed by atoms with Crippen molar-refractivity contribution < 1.29 is 13.6 Å². The van der Waals surface area contributed by atoms with Crippen LogP contribution >= 0.6 is 11.8 Å². The number of rotatable bonds is 6. The first kappa shape index (κ1) is 14.6. The van der Waals surface area contributed by atoms with Gasteiger partial charge in [-0.1, -0.05) is 18.7 Å². The number of carbonyl (C=O) groups is 1. The molecule has 0 saturated heterocycles. The molecule has 6 heteroatoms. The Morgan fingerprint density at radius 3 is 2.85 bits per heavy atom. The van der Waals surface area contributed by atoms with Crippen LogP contribution in [0.4, 0.5) is 4.39 Å². The van der Waals surface area contributed by atoms with Crippen LogP contribution in [-0.2, 0) is 4.79 Å². The SMILES string of the molecule is CCCNC(=O)CSc1ncc(-c2ccc(F)cc2)o1. The van der Waals surface area contributed by atoms with Gasteiger partial charge in [0.05, 0.1) is 11.9 Å². The summed E-state index contributed by atoms with van der Waals surface area (Å²) in [7, 11) is 0. The summed E-state index contributed by atoms with van der Waals surface area (Å²) in [6.45, 7) is 2.67. The second-order valence-electron chi connectivity index (χ2n) is 4.14. The van der Waals surface area contributed by atoms with E-state index in [4.69, 9.17) is 4.42 Å². The van der Waals surface area contributed by atoms with Crippen LogP contribution in [0.1, 0.15) is 13.3 Å².